The van der Waals surface area contributed by atoms with Crippen molar-refractivity contribution in [2.24, 2.45) is 5.92 Å². The summed E-state index contributed by atoms with van der Waals surface area (Å²) < 4.78 is 5.35. The first-order valence-corrected chi connectivity index (χ1v) is 6.77. The Morgan fingerprint density at radius 2 is 2.11 bits per heavy atom. The predicted molar refractivity (Wildman–Crippen MR) is 69.6 cm³/mol. The normalized spacial score (nSPS) is 25.5. The average molecular weight is 259 g/mol. The SMILES string of the molecule is O=C(OC[C@@H]1CC(=O)N2CCC[C@@H]12)c1ccccc1. The van der Waals surface area contributed by atoms with Gasteiger partial charge in [-0.15, -0.1) is 0 Å². The third-order valence-corrected chi connectivity index (χ3v) is 4.04. The molecule has 100 valence electrons. The molecule has 2 aliphatic rings. The molecule has 1 aromatic rings. The van der Waals surface area contributed by atoms with E-state index in [0.29, 0.717) is 18.6 Å². The van der Waals surface area contributed by atoms with E-state index in [9.17, 15) is 9.59 Å². The van der Waals surface area contributed by atoms with Crippen LogP contribution < -0.4 is 0 Å². The summed E-state index contributed by atoms with van der Waals surface area (Å²) >= 11 is 0. The van der Waals surface area contributed by atoms with Crippen LogP contribution in [-0.2, 0) is 9.53 Å². The van der Waals surface area contributed by atoms with Crippen LogP contribution in [0, 0.1) is 5.92 Å². The number of amides is 1. The van der Waals surface area contributed by atoms with Crippen molar-refractivity contribution in [1.29, 1.82) is 0 Å². The van der Waals surface area contributed by atoms with Gasteiger partial charge in [0.1, 0.15) is 0 Å². The number of hydrogen-bond acceptors (Lipinski definition) is 3. The molecule has 2 aliphatic heterocycles. The molecule has 2 fully saturated rings. The molecule has 0 saturated carbocycles. The lowest BCUT2D eigenvalue weighted by Crippen LogP contribution is -2.30. The summed E-state index contributed by atoms with van der Waals surface area (Å²) in [6, 6.07) is 9.26. The molecule has 0 spiro atoms. The fraction of sp³-hybridized carbons (Fsp3) is 0.467. The minimum atomic E-state index is -0.301. The Kier molecular flexibility index (Phi) is 3.23. The minimum Gasteiger partial charge on any atom is -0.462 e. The zero-order valence-corrected chi connectivity index (χ0v) is 10.7. The van der Waals surface area contributed by atoms with E-state index in [4.69, 9.17) is 4.74 Å². The van der Waals surface area contributed by atoms with Crippen molar-refractivity contribution in [3.8, 4) is 0 Å². The smallest absolute Gasteiger partial charge is 0.338 e. The topological polar surface area (TPSA) is 46.6 Å². The summed E-state index contributed by atoms with van der Waals surface area (Å²) in [4.78, 5) is 25.6. The molecular weight excluding hydrogens is 242 g/mol. The van der Waals surface area contributed by atoms with E-state index < -0.39 is 0 Å². The maximum Gasteiger partial charge on any atom is 0.338 e. The van der Waals surface area contributed by atoms with Crippen molar-refractivity contribution in [3.05, 3.63) is 35.9 Å². The van der Waals surface area contributed by atoms with Crippen LogP contribution in [0.15, 0.2) is 30.3 Å². The average Bonchev–Trinajstić information content (AvgIpc) is 3.02. The van der Waals surface area contributed by atoms with Gasteiger partial charge in [0.05, 0.1) is 12.2 Å². The first-order valence-electron chi connectivity index (χ1n) is 6.77. The summed E-state index contributed by atoms with van der Waals surface area (Å²) in [5.74, 6) is 0.0791. The van der Waals surface area contributed by atoms with Gasteiger partial charge in [-0.25, -0.2) is 4.79 Å². The minimum absolute atomic E-state index is 0.169. The molecule has 2 saturated heterocycles. The van der Waals surface area contributed by atoms with Gasteiger partial charge in [0.15, 0.2) is 0 Å². The van der Waals surface area contributed by atoms with Gasteiger partial charge >= 0.3 is 5.97 Å². The number of carbonyl (C=O) groups excluding carboxylic acids is 2. The van der Waals surface area contributed by atoms with Gasteiger partial charge < -0.3 is 9.64 Å². The number of carbonyl (C=O) groups is 2. The molecule has 0 bridgehead atoms. The number of benzene rings is 1. The first-order chi connectivity index (χ1) is 9.25. The lowest BCUT2D eigenvalue weighted by atomic mass is 9.99. The van der Waals surface area contributed by atoms with E-state index >= 15 is 0 Å². The van der Waals surface area contributed by atoms with Crippen molar-refractivity contribution < 1.29 is 14.3 Å². The molecular formula is C15H17NO3. The fourth-order valence-electron chi connectivity index (χ4n) is 3.08. The van der Waals surface area contributed by atoms with E-state index in [2.05, 4.69) is 0 Å². The van der Waals surface area contributed by atoms with E-state index in [0.717, 1.165) is 19.4 Å². The van der Waals surface area contributed by atoms with Gasteiger partial charge in [0.2, 0.25) is 5.91 Å². The predicted octanol–water partition coefficient (Wildman–Crippen LogP) is 1.85. The molecule has 4 heteroatoms. The van der Waals surface area contributed by atoms with Gasteiger partial charge in [-0.05, 0) is 25.0 Å². The maximum atomic E-state index is 11.9. The standard InChI is InChI=1S/C15H17NO3/c17-14-9-12(13-7-4-8-16(13)14)10-19-15(18)11-5-2-1-3-6-11/h1-3,5-6,12-13H,4,7-10H2/t12-,13-/m0/s1. The van der Waals surface area contributed by atoms with Crippen LogP contribution in [0.1, 0.15) is 29.6 Å². The molecule has 2 heterocycles. The molecule has 1 aromatic carbocycles. The first kappa shape index (κ1) is 12.2. The van der Waals surface area contributed by atoms with E-state index in [-0.39, 0.29) is 23.8 Å². The molecule has 0 unspecified atom stereocenters. The molecule has 0 aromatic heterocycles. The summed E-state index contributed by atoms with van der Waals surface area (Å²) in [5.41, 5.74) is 0.565. The molecule has 19 heavy (non-hydrogen) atoms. The summed E-state index contributed by atoms with van der Waals surface area (Å²) in [6.07, 6.45) is 2.63. The second-order valence-corrected chi connectivity index (χ2v) is 5.23. The van der Waals surface area contributed by atoms with Crippen LogP contribution in [0.5, 0.6) is 0 Å². The quantitative estimate of drug-likeness (QED) is 0.778. The highest BCUT2D eigenvalue weighted by molar-refractivity contribution is 5.89. The van der Waals surface area contributed by atoms with Crippen molar-refractivity contribution in [3.63, 3.8) is 0 Å². The molecule has 0 aliphatic carbocycles. The van der Waals surface area contributed by atoms with Crippen molar-refractivity contribution in [1.82, 2.24) is 4.90 Å². The Morgan fingerprint density at radius 1 is 1.32 bits per heavy atom. The molecule has 4 nitrogen and oxygen atoms in total. The number of esters is 1. The maximum absolute atomic E-state index is 11.9. The lowest BCUT2D eigenvalue weighted by molar-refractivity contribution is -0.127. The number of rotatable bonds is 3. The molecule has 3 rings (SSSR count). The van der Waals surface area contributed by atoms with Crippen molar-refractivity contribution in [2.45, 2.75) is 25.3 Å². The third kappa shape index (κ3) is 2.35. The highest BCUT2D eigenvalue weighted by Crippen LogP contribution is 2.33. The zero-order chi connectivity index (χ0) is 13.2. The van der Waals surface area contributed by atoms with E-state index in [1.54, 1.807) is 12.1 Å². The van der Waals surface area contributed by atoms with E-state index in [1.165, 1.54) is 0 Å². The van der Waals surface area contributed by atoms with Gasteiger partial charge in [0.25, 0.3) is 0 Å². The second-order valence-electron chi connectivity index (χ2n) is 5.23. The monoisotopic (exact) mass is 259 g/mol. The fourth-order valence-corrected chi connectivity index (χ4v) is 3.08. The summed E-state index contributed by atoms with van der Waals surface area (Å²) in [6.45, 7) is 1.22. The van der Waals surface area contributed by atoms with Crippen LogP contribution in [0.2, 0.25) is 0 Å². The lowest BCUT2D eigenvalue weighted by Gasteiger charge is -2.19. The van der Waals surface area contributed by atoms with Crippen molar-refractivity contribution in [2.75, 3.05) is 13.2 Å². The Bertz CT molecular complexity index is 485. The second kappa shape index (κ2) is 5.03. The Balaban J connectivity index is 1.58. The van der Waals surface area contributed by atoms with E-state index in [1.807, 2.05) is 23.1 Å². The van der Waals surface area contributed by atoms with Crippen LogP contribution in [0.3, 0.4) is 0 Å². The van der Waals surface area contributed by atoms with Crippen LogP contribution in [0.25, 0.3) is 0 Å². The number of fused-ring (bicyclic) bond motifs is 1. The highest BCUT2D eigenvalue weighted by atomic mass is 16.5. The molecule has 1 amide bonds. The zero-order valence-electron chi connectivity index (χ0n) is 10.7. The van der Waals surface area contributed by atoms with Crippen LogP contribution in [-0.4, -0.2) is 36.0 Å². The number of nitrogens with zero attached hydrogens (tertiary/aromatic N) is 1. The summed E-state index contributed by atoms with van der Waals surface area (Å²) in [5, 5.41) is 0. The molecule has 0 radical (unpaired) electrons. The van der Waals surface area contributed by atoms with Crippen molar-refractivity contribution >= 4 is 11.9 Å². The largest absolute Gasteiger partial charge is 0.462 e. The van der Waals surface area contributed by atoms with Gasteiger partial charge in [-0.3, -0.25) is 4.79 Å². The van der Waals surface area contributed by atoms with Crippen LogP contribution >= 0.6 is 0 Å². The van der Waals surface area contributed by atoms with Crippen LogP contribution in [0.4, 0.5) is 0 Å². The molecule has 2 atom stereocenters. The number of ether oxygens (including phenoxy) is 1. The summed E-state index contributed by atoms with van der Waals surface area (Å²) in [7, 11) is 0. The Labute approximate surface area is 112 Å². The third-order valence-electron chi connectivity index (χ3n) is 4.04. The van der Waals surface area contributed by atoms with Gasteiger partial charge in [-0.1, -0.05) is 18.2 Å². The highest BCUT2D eigenvalue weighted by Gasteiger charge is 2.42. The van der Waals surface area contributed by atoms with Gasteiger partial charge in [0, 0.05) is 24.9 Å². The van der Waals surface area contributed by atoms with Gasteiger partial charge in [-0.2, -0.15) is 0 Å². The number of hydrogen-bond donors (Lipinski definition) is 0. The Hall–Kier alpha value is -1.84. The Morgan fingerprint density at radius 3 is 2.89 bits per heavy atom. The molecule has 0 N–H and O–H groups in total.